The number of piperidine rings is 1. The highest BCUT2D eigenvalue weighted by atomic mass is 32.1. The molecule has 6 heteroatoms. The summed E-state index contributed by atoms with van der Waals surface area (Å²) in [5.41, 5.74) is 1.06. The third-order valence-electron chi connectivity index (χ3n) is 5.27. The molecule has 3 rings (SSSR count). The quantitative estimate of drug-likeness (QED) is 0.674. The van der Waals surface area contributed by atoms with Crippen molar-refractivity contribution in [3.63, 3.8) is 0 Å². The Kier molecular flexibility index (Phi) is 6.14. The average molecular weight is 375 g/mol. The van der Waals surface area contributed by atoms with Gasteiger partial charge in [0, 0.05) is 24.2 Å². The van der Waals surface area contributed by atoms with Crippen LogP contribution in [-0.4, -0.2) is 38.9 Å². The molecule has 1 atom stereocenters. The van der Waals surface area contributed by atoms with Crippen molar-refractivity contribution in [2.45, 2.75) is 65.2 Å². The second kappa shape index (κ2) is 8.35. The van der Waals surface area contributed by atoms with E-state index in [2.05, 4.69) is 42.4 Å². The predicted octanol–water partition coefficient (Wildman–Crippen LogP) is 4.89. The minimum absolute atomic E-state index is 0.261. The zero-order valence-electron chi connectivity index (χ0n) is 16.3. The van der Waals surface area contributed by atoms with Crippen LogP contribution in [0.15, 0.2) is 24.3 Å². The first kappa shape index (κ1) is 19.1. The first-order valence-corrected chi connectivity index (χ1v) is 10.0. The normalized spacial score (nSPS) is 18.4. The van der Waals surface area contributed by atoms with E-state index in [4.69, 9.17) is 22.1 Å². The van der Waals surface area contributed by atoms with Crippen LogP contribution in [0.2, 0.25) is 0 Å². The monoisotopic (exact) mass is 374 g/mol. The largest absolute Gasteiger partial charge is 0.497 e. The van der Waals surface area contributed by atoms with Gasteiger partial charge in [-0.3, -0.25) is 9.47 Å². The maximum Gasteiger partial charge on any atom is 0.199 e. The zero-order valence-corrected chi connectivity index (χ0v) is 17.1. The van der Waals surface area contributed by atoms with Crippen LogP contribution < -0.4 is 4.74 Å². The predicted molar refractivity (Wildman–Crippen MR) is 108 cm³/mol. The summed E-state index contributed by atoms with van der Waals surface area (Å²) < 4.78 is 10.2. The molecule has 0 bridgehead atoms. The third kappa shape index (κ3) is 3.86. The number of hydrogen-bond acceptors (Lipinski definition) is 4. The molecular formula is C20H30N4OS. The molecule has 0 spiro atoms. The minimum Gasteiger partial charge on any atom is -0.497 e. The molecule has 0 unspecified atom stereocenters. The Balaban J connectivity index is 1.95. The number of likely N-dealkylation sites (tertiary alicyclic amines) is 1. The van der Waals surface area contributed by atoms with E-state index in [1.807, 2.05) is 16.8 Å². The molecule has 0 aliphatic carbocycles. The molecule has 1 saturated heterocycles. The van der Waals surface area contributed by atoms with Crippen LogP contribution in [0.3, 0.4) is 0 Å². The molecule has 0 radical (unpaired) electrons. The van der Waals surface area contributed by atoms with Crippen LogP contribution >= 0.6 is 12.2 Å². The number of hydrogen-bond donors (Lipinski definition) is 0. The van der Waals surface area contributed by atoms with Gasteiger partial charge in [0.15, 0.2) is 10.6 Å². The molecule has 2 aromatic rings. The Labute approximate surface area is 161 Å². The van der Waals surface area contributed by atoms with Crippen LogP contribution in [0.1, 0.15) is 52.5 Å². The van der Waals surface area contributed by atoms with Gasteiger partial charge >= 0.3 is 0 Å². The van der Waals surface area contributed by atoms with Gasteiger partial charge in [-0.05, 0) is 69.6 Å². The SMILES string of the molecule is CC[C@@H]1CCCCN1Cn1nc(-c2ccc(OC)cc2)n(C(C)C)c1=S. The molecule has 5 nitrogen and oxygen atoms in total. The van der Waals surface area contributed by atoms with E-state index in [-0.39, 0.29) is 6.04 Å². The van der Waals surface area contributed by atoms with E-state index in [0.29, 0.717) is 6.04 Å². The van der Waals surface area contributed by atoms with E-state index < -0.39 is 0 Å². The fourth-order valence-corrected chi connectivity index (χ4v) is 4.19. The summed E-state index contributed by atoms with van der Waals surface area (Å²) in [4.78, 5) is 2.54. The number of aromatic nitrogens is 3. The molecule has 1 aromatic carbocycles. The molecule has 1 fully saturated rings. The van der Waals surface area contributed by atoms with Gasteiger partial charge in [0.05, 0.1) is 13.8 Å². The molecule has 1 aliphatic rings. The topological polar surface area (TPSA) is 35.2 Å². The summed E-state index contributed by atoms with van der Waals surface area (Å²) in [6.07, 6.45) is 5.06. The van der Waals surface area contributed by atoms with Crippen LogP contribution in [0.5, 0.6) is 5.75 Å². The molecule has 142 valence electrons. The second-order valence-corrected chi connectivity index (χ2v) is 7.67. The fraction of sp³-hybridized carbons (Fsp3) is 0.600. The van der Waals surface area contributed by atoms with E-state index in [1.165, 1.54) is 25.7 Å². The summed E-state index contributed by atoms with van der Waals surface area (Å²) in [5.74, 6) is 1.78. The van der Waals surface area contributed by atoms with Gasteiger partial charge in [-0.15, -0.1) is 0 Å². The van der Waals surface area contributed by atoms with Crippen molar-refractivity contribution < 1.29 is 4.74 Å². The van der Waals surface area contributed by atoms with Crippen LogP contribution in [-0.2, 0) is 6.67 Å². The second-order valence-electron chi connectivity index (χ2n) is 7.31. The molecule has 1 aromatic heterocycles. The Morgan fingerprint density at radius 2 is 1.96 bits per heavy atom. The van der Waals surface area contributed by atoms with Crippen molar-refractivity contribution in [2.75, 3.05) is 13.7 Å². The van der Waals surface area contributed by atoms with Crippen molar-refractivity contribution in [1.82, 2.24) is 19.2 Å². The van der Waals surface area contributed by atoms with Gasteiger partial charge in [-0.1, -0.05) is 13.3 Å². The lowest BCUT2D eigenvalue weighted by atomic mass is 10.0. The Morgan fingerprint density at radius 3 is 2.58 bits per heavy atom. The molecule has 0 N–H and O–H groups in total. The number of ether oxygens (including phenoxy) is 1. The maximum absolute atomic E-state index is 5.79. The zero-order chi connectivity index (χ0) is 18.7. The summed E-state index contributed by atoms with van der Waals surface area (Å²) in [5, 5.41) is 4.91. The summed E-state index contributed by atoms with van der Waals surface area (Å²) in [7, 11) is 1.68. The van der Waals surface area contributed by atoms with Crippen molar-refractivity contribution >= 4 is 12.2 Å². The van der Waals surface area contributed by atoms with Gasteiger partial charge in [-0.2, -0.15) is 5.10 Å². The molecular weight excluding hydrogens is 344 g/mol. The van der Waals surface area contributed by atoms with E-state index in [9.17, 15) is 0 Å². The van der Waals surface area contributed by atoms with E-state index in [1.54, 1.807) is 7.11 Å². The first-order valence-electron chi connectivity index (χ1n) is 9.63. The number of rotatable bonds is 6. The summed E-state index contributed by atoms with van der Waals surface area (Å²) >= 11 is 5.79. The van der Waals surface area contributed by atoms with Crippen molar-refractivity contribution in [1.29, 1.82) is 0 Å². The van der Waals surface area contributed by atoms with Gasteiger partial charge in [0.1, 0.15) is 5.75 Å². The molecule has 0 amide bonds. The van der Waals surface area contributed by atoms with Crippen molar-refractivity contribution in [2.24, 2.45) is 0 Å². The summed E-state index contributed by atoms with van der Waals surface area (Å²) in [6.45, 7) is 8.50. The van der Waals surface area contributed by atoms with Gasteiger partial charge < -0.3 is 4.74 Å². The molecule has 26 heavy (non-hydrogen) atoms. The smallest absolute Gasteiger partial charge is 0.199 e. The van der Waals surface area contributed by atoms with Gasteiger partial charge in [0.25, 0.3) is 0 Å². The maximum atomic E-state index is 5.79. The Hall–Kier alpha value is -1.66. The highest BCUT2D eigenvalue weighted by Crippen LogP contribution is 2.26. The average Bonchev–Trinajstić information content (AvgIpc) is 2.99. The third-order valence-corrected chi connectivity index (χ3v) is 5.68. The lowest BCUT2D eigenvalue weighted by Crippen LogP contribution is -2.40. The van der Waals surface area contributed by atoms with E-state index in [0.717, 1.165) is 35.1 Å². The van der Waals surface area contributed by atoms with E-state index >= 15 is 0 Å². The van der Waals surface area contributed by atoms with Gasteiger partial charge in [-0.25, -0.2) is 4.68 Å². The highest BCUT2D eigenvalue weighted by molar-refractivity contribution is 7.71. The van der Waals surface area contributed by atoms with Crippen LogP contribution in [0.25, 0.3) is 11.4 Å². The Morgan fingerprint density at radius 1 is 1.23 bits per heavy atom. The minimum atomic E-state index is 0.261. The molecule has 0 saturated carbocycles. The lowest BCUT2D eigenvalue weighted by molar-refractivity contribution is 0.100. The highest BCUT2D eigenvalue weighted by Gasteiger charge is 2.23. The molecule has 2 heterocycles. The lowest BCUT2D eigenvalue weighted by Gasteiger charge is -2.34. The van der Waals surface area contributed by atoms with Crippen LogP contribution in [0.4, 0.5) is 0 Å². The summed E-state index contributed by atoms with van der Waals surface area (Å²) in [6, 6.07) is 8.94. The standard InChI is InChI=1S/C20H30N4OS/c1-5-17-8-6-7-13-22(17)14-23-20(26)24(15(2)3)19(21-23)16-9-11-18(25-4)12-10-16/h9-12,15,17H,5-8,13-14H2,1-4H3/t17-/m1/s1. The molecule has 1 aliphatic heterocycles. The van der Waals surface area contributed by atoms with Crippen molar-refractivity contribution in [3.05, 3.63) is 29.0 Å². The number of methoxy groups -OCH3 is 1. The number of benzene rings is 1. The fourth-order valence-electron chi connectivity index (χ4n) is 3.80. The van der Waals surface area contributed by atoms with Crippen LogP contribution in [0, 0.1) is 4.77 Å². The van der Waals surface area contributed by atoms with Crippen molar-refractivity contribution in [3.8, 4) is 17.1 Å². The van der Waals surface area contributed by atoms with Gasteiger partial charge in [0.2, 0.25) is 0 Å². The number of nitrogens with zero attached hydrogens (tertiary/aromatic N) is 4. The Bertz CT molecular complexity index is 778. The first-order chi connectivity index (χ1) is 12.5.